The maximum absolute atomic E-state index is 13.7. The summed E-state index contributed by atoms with van der Waals surface area (Å²) in [7, 11) is 1.49. The van der Waals surface area contributed by atoms with E-state index in [1.807, 2.05) is 0 Å². The largest absolute Gasteiger partial charge is 0.456 e. The van der Waals surface area contributed by atoms with Crippen molar-refractivity contribution in [3.8, 4) is 0 Å². The van der Waals surface area contributed by atoms with E-state index in [0.717, 1.165) is 4.90 Å². The van der Waals surface area contributed by atoms with Gasteiger partial charge in [0.15, 0.2) is 6.61 Å². The molecule has 0 atom stereocenters. The molecule has 3 amide bonds. The molecule has 7 nitrogen and oxygen atoms in total. The molecule has 0 radical (unpaired) electrons. The SMILES string of the molecule is CN(Cc1ccccc1F)C(=O)COC(=O)CCCN1C(=O)c2ccccc2C1=O. The van der Waals surface area contributed by atoms with Gasteiger partial charge in [0, 0.05) is 32.1 Å². The van der Waals surface area contributed by atoms with E-state index >= 15 is 0 Å². The molecule has 1 aliphatic rings. The van der Waals surface area contributed by atoms with Crippen molar-refractivity contribution in [3.05, 3.63) is 71.0 Å². The van der Waals surface area contributed by atoms with E-state index in [2.05, 4.69) is 0 Å². The Morgan fingerprint density at radius 1 is 1.00 bits per heavy atom. The van der Waals surface area contributed by atoms with E-state index in [1.165, 1.54) is 18.0 Å². The van der Waals surface area contributed by atoms with Gasteiger partial charge in [-0.05, 0) is 24.6 Å². The molecule has 3 rings (SSSR count). The first-order valence-corrected chi connectivity index (χ1v) is 9.46. The van der Waals surface area contributed by atoms with Gasteiger partial charge in [-0.2, -0.15) is 0 Å². The fraction of sp³-hybridized carbons (Fsp3) is 0.273. The zero-order valence-electron chi connectivity index (χ0n) is 16.5. The lowest BCUT2D eigenvalue weighted by Gasteiger charge is -2.17. The van der Waals surface area contributed by atoms with Gasteiger partial charge in [-0.1, -0.05) is 30.3 Å². The Morgan fingerprint density at radius 3 is 2.23 bits per heavy atom. The third-order valence-electron chi connectivity index (χ3n) is 4.79. The quantitative estimate of drug-likeness (QED) is 0.491. The molecule has 0 saturated heterocycles. The molecule has 2 aromatic carbocycles. The number of amides is 3. The molecule has 30 heavy (non-hydrogen) atoms. The highest BCUT2D eigenvalue weighted by Gasteiger charge is 2.34. The summed E-state index contributed by atoms with van der Waals surface area (Å²) in [6.07, 6.45) is 0.182. The predicted molar refractivity (Wildman–Crippen MR) is 105 cm³/mol. The molecule has 0 spiro atoms. The summed E-state index contributed by atoms with van der Waals surface area (Å²) >= 11 is 0. The van der Waals surface area contributed by atoms with Crippen LogP contribution >= 0.6 is 0 Å². The van der Waals surface area contributed by atoms with Crippen LogP contribution in [0.4, 0.5) is 4.39 Å². The molecule has 1 aliphatic heterocycles. The van der Waals surface area contributed by atoms with E-state index in [4.69, 9.17) is 4.74 Å². The Kier molecular flexibility index (Phi) is 6.56. The molecule has 8 heteroatoms. The molecule has 0 N–H and O–H groups in total. The average Bonchev–Trinajstić information content (AvgIpc) is 2.98. The van der Waals surface area contributed by atoms with Crippen molar-refractivity contribution in [2.45, 2.75) is 19.4 Å². The molecule has 0 aromatic heterocycles. The van der Waals surface area contributed by atoms with E-state index in [-0.39, 0.29) is 37.7 Å². The highest BCUT2D eigenvalue weighted by Crippen LogP contribution is 2.22. The lowest BCUT2D eigenvalue weighted by Crippen LogP contribution is -2.32. The van der Waals surface area contributed by atoms with Gasteiger partial charge in [0.05, 0.1) is 11.1 Å². The number of carbonyl (C=O) groups is 4. The van der Waals surface area contributed by atoms with Gasteiger partial charge >= 0.3 is 5.97 Å². The monoisotopic (exact) mass is 412 g/mol. The zero-order valence-corrected chi connectivity index (χ0v) is 16.5. The lowest BCUT2D eigenvalue weighted by atomic mass is 10.1. The predicted octanol–water partition coefficient (Wildman–Crippen LogP) is 2.40. The second kappa shape index (κ2) is 9.30. The van der Waals surface area contributed by atoms with Crippen molar-refractivity contribution in [2.75, 3.05) is 20.2 Å². The minimum absolute atomic E-state index is 0.0439. The number of rotatable bonds is 8. The number of carbonyl (C=O) groups excluding carboxylic acids is 4. The maximum Gasteiger partial charge on any atom is 0.306 e. The van der Waals surface area contributed by atoms with Crippen molar-refractivity contribution in [1.29, 1.82) is 0 Å². The molecule has 0 unspecified atom stereocenters. The van der Waals surface area contributed by atoms with Crippen molar-refractivity contribution in [3.63, 3.8) is 0 Å². The van der Waals surface area contributed by atoms with Gasteiger partial charge in [0.1, 0.15) is 5.82 Å². The van der Waals surface area contributed by atoms with E-state index in [0.29, 0.717) is 16.7 Å². The topological polar surface area (TPSA) is 84.0 Å². The van der Waals surface area contributed by atoms with Crippen molar-refractivity contribution < 1.29 is 28.3 Å². The molecule has 2 aromatic rings. The first kappa shape index (κ1) is 21.2. The third-order valence-corrected chi connectivity index (χ3v) is 4.79. The van der Waals surface area contributed by atoms with E-state index in [1.54, 1.807) is 42.5 Å². The zero-order chi connectivity index (χ0) is 21.7. The van der Waals surface area contributed by atoms with Gasteiger partial charge in [-0.15, -0.1) is 0 Å². The second-order valence-corrected chi connectivity index (χ2v) is 6.91. The van der Waals surface area contributed by atoms with Crippen LogP contribution < -0.4 is 0 Å². The summed E-state index contributed by atoms with van der Waals surface area (Å²) in [6, 6.07) is 12.7. The number of hydrogen-bond donors (Lipinski definition) is 0. The highest BCUT2D eigenvalue weighted by atomic mass is 19.1. The number of benzene rings is 2. The Morgan fingerprint density at radius 2 is 1.60 bits per heavy atom. The summed E-state index contributed by atoms with van der Waals surface area (Å²) < 4.78 is 18.6. The molecule has 0 fully saturated rings. The van der Waals surface area contributed by atoms with Crippen LogP contribution in [0.15, 0.2) is 48.5 Å². The molecule has 0 aliphatic carbocycles. The number of halogens is 1. The second-order valence-electron chi connectivity index (χ2n) is 6.91. The smallest absolute Gasteiger partial charge is 0.306 e. The van der Waals surface area contributed by atoms with Crippen molar-refractivity contribution >= 4 is 23.7 Å². The Hall–Kier alpha value is -3.55. The maximum atomic E-state index is 13.7. The van der Waals surface area contributed by atoms with Crippen LogP contribution in [0.5, 0.6) is 0 Å². The van der Waals surface area contributed by atoms with Crippen molar-refractivity contribution in [2.24, 2.45) is 0 Å². The normalized spacial score (nSPS) is 12.7. The summed E-state index contributed by atoms with van der Waals surface area (Å²) in [4.78, 5) is 50.9. The van der Waals surface area contributed by atoms with Crippen LogP contribution in [0.2, 0.25) is 0 Å². The fourth-order valence-corrected chi connectivity index (χ4v) is 3.12. The molecular formula is C22H21FN2O5. The molecular weight excluding hydrogens is 391 g/mol. The minimum atomic E-state index is -0.612. The number of nitrogens with zero attached hydrogens (tertiary/aromatic N) is 2. The number of fused-ring (bicyclic) bond motifs is 1. The number of hydrogen-bond acceptors (Lipinski definition) is 5. The van der Waals surface area contributed by atoms with Crippen LogP contribution in [0.1, 0.15) is 39.1 Å². The molecule has 0 bridgehead atoms. The van der Waals surface area contributed by atoms with Gasteiger partial charge in [-0.3, -0.25) is 24.1 Å². The van der Waals surface area contributed by atoms with Crippen LogP contribution in [0, 0.1) is 5.82 Å². The van der Waals surface area contributed by atoms with Gasteiger partial charge in [0.25, 0.3) is 17.7 Å². The summed E-state index contributed by atoms with van der Waals surface area (Å²) in [5.41, 5.74) is 1.07. The van der Waals surface area contributed by atoms with E-state index in [9.17, 15) is 23.6 Å². The number of esters is 1. The number of imide groups is 1. The Balaban J connectivity index is 1.40. The van der Waals surface area contributed by atoms with Crippen LogP contribution in [-0.2, 0) is 20.9 Å². The number of ether oxygens (including phenoxy) is 1. The van der Waals surface area contributed by atoms with Crippen molar-refractivity contribution in [1.82, 2.24) is 9.80 Å². The molecule has 1 heterocycles. The standard InChI is InChI=1S/C22H21FN2O5/c1-24(13-15-7-2-5-10-18(15)23)19(26)14-30-20(27)11-6-12-25-21(28)16-8-3-4-9-17(16)22(25)29/h2-5,7-10H,6,11-14H2,1H3. The van der Waals surface area contributed by atoms with E-state index < -0.39 is 24.3 Å². The first-order chi connectivity index (χ1) is 14.4. The lowest BCUT2D eigenvalue weighted by molar-refractivity contribution is -0.151. The Bertz CT molecular complexity index is 956. The van der Waals surface area contributed by atoms with Gasteiger partial charge < -0.3 is 9.64 Å². The Labute approximate surface area is 173 Å². The first-order valence-electron chi connectivity index (χ1n) is 9.46. The molecule has 0 saturated carbocycles. The number of likely N-dealkylation sites (N-methyl/N-ethyl adjacent to an activating group) is 1. The summed E-state index contributed by atoms with van der Waals surface area (Å²) in [6.45, 7) is -0.317. The van der Waals surface area contributed by atoms with Gasteiger partial charge in [-0.25, -0.2) is 4.39 Å². The summed E-state index contributed by atoms with van der Waals surface area (Å²) in [5.74, 6) is -2.25. The van der Waals surface area contributed by atoms with Crippen LogP contribution in [0.3, 0.4) is 0 Å². The van der Waals surface area contributed by atoms with Crippen LogP contribution in [-0.4, -0.2) is 53.7 Å². The third kappa shape index (κ3) is 4.71. The molecule has 156 valence electrons. The fourth-order valence-electron chi connectivity index (χ4n) is 3.12. The minimum Gasteiger partial charge on any atom is -0.456 e. The summed E-state index contributed by atoms with van der Waals surface area (Å²) in [5, 5.41) is 0. The van der Waals surface area contributed by atoms with Crippen LogP contribution in [0.25, 0.3) is 0 Å². The average molecular weight is 412 g/mol. The van der Waals surface area contributed by atoms with Gasteiger partial charge in [0.2, 0.25) is 0 Å². The highest BCUT2D eigenvalue weighted by molar-refractivity contribution is 6.21.